The van der Waals surface area contributed by atoms with E-state index in [2.05, 4.69) is 9.97 Å². The number of aliphatic carboxylic acids is 1. The lowest BCUT2D eigenvalue weighted by Crippen LogP contribution is -2.28. The largest absolute Gasteiger partial charge is 0.481 e. The minimum atomic E-state index is -2.89. The van der Waals surface area contributed by atoms with E-state index < -0.39 is 17.7 Å². The number of nitrogens with zero attached hydrogens (tertiary/aromatic N) is 3. The fraction of sp³-hybridized carbons (Fsp3) is 0.577. The second-order valence-corrected chi connectivity index (χ2v) is 9.93. The molecule has 2 aliphatic rings. The molecule has 0 radical (unpaired) electrons. The highest BCUT2D eigenvalue weighted by atomic mass is 19.3. The van der Waals surface area contributed by atoms with Crippen molar-refractivity contribution in [2.45, 2.75) is 83.2 Å². The zero-order chi connectivity index (χ0) is 24.3. The van der Waals surface area contributed by atoms with Gasteiger partial charge in [0.25, 0.3) is 5.92 Å². The Balaban J connectivity index is 1.40. The molecule has 1 aromatic heterocycles. The van der Waals surface area contributed by atoms with Crippen LogP contribution >= 0.6 is 0 Å². The number of carbonyl (C=O) groups is 1. The lowest BCUT2D eigenvalue weighted by Gasteiger charge is -2.28. The summed E-state index contributed by atoms with van der Waals surface area (Å²) in [5, 5.41) is 8.98. The predicted octanol–water partition coefficient (Wildman–Crippen LogP) is 6.11. The molecule has 184 valence electrons. The molecule has 0 unspecified atom stereocenters. The SMILES string of the molecule is CC(F)(F)c1ccc(CN(c2ncnc(CCC3CCC(CC(=O)O)CC3)c2F)C2CC2)cc1. The van der Waals surface area contributed by atoms with Crippen LogP contribution in [0, 0.1) is 17.7 Å². The molecule has 1 aromatic carbocycles. The van der Waals surface area contributed by atoms with Crippen molar-refractivity contribution in [3.8, 4) is 0 Å². The average Bonchev–Trinajstić information content (AvgIpc) is 3.63. The quantitative estimate of drug-likeness (QED) is 0.449. The summed E-state index contributed by atoms with van der Waals surface area (Å²) in [4.78, 5) is 21.3. The first kappa shape index (κ1) is 24.5. The maximum Gasteiger partial charge on any atom is 0.303 e. The minimum Gasteiger partial charge on any atom is -0.481 e. The molecule has 2 aliphatic carbocycles. The van der Waals surface area contributed by atoms with Crippen LogP contribution in [-0.2, 0) is 23.7 Å². The topological polar surface area (TPSA) is 66.3 Å². The van der Waals surface area contributed by atoms with Crippen molar-refractivity contribution < 1.29 is 23.1 Å². The van der Waals surface area contributed by atoms with Gasteiger partial charge in [-0.05, 0) is 55.9 Å². The second-order valence-electron chi connectivity index (χ2n) is 9.93. The molecule has 34 heavy (non-hydrogen) atoms. The number of carboxylic acid groups (broad SMARTS) is 1. The highest BCUT2D eigenvalue weighted by Gasteiger charge is 2.33. The van der Waals surface area contributed by atoms with Crippen molar-refractivity contribution in [2.75, 3.05) is 4.90 Å². The average molecular weight is 476 g/mol. The van der Waals surface area contributed by atoms with Gasteiger partial charge in [0.05, 0.1) is 5.69 Å². The number of aromatic nitrogens is 2. The molecule has 2 aromatic rings. The van der Waals surface area contributed by atoms with Gasteiger partial charge in [-0.3, -0.25) is 4.79 Å². The molecule has 4 rings (SSSR count). The molecule has 2 fully saturated rings. The Morgan fingerprint density at radius 2 is 1.71 bits per heavy atom. The van der Waals surface area contributed by atoms with Crippen LogP contribution in [0.25, 0.3) is 0 Å². The van der Waals surface area contributed by atoms with E-state index in [1.54, 1.807) is 12.1 Å². The number of rotatable bonds is 10. The molecule has 5 nitrogen and oxygen atoms in total. The summed E-state index contributed by atoms with van der Waals surface area (Å²) in [6, 6.07) is 6.38. The van der Waals surface area contributed by atoms with Crippen LogP contribution in [0.5, 0.6) is 0 Å². The fourth-order valence-corrected chi connectivity index (χ4v) is 4.94. The van der Waals surface area contributed by atoms with E-state index in [-0.39, 0.29) is 29.8 Å². The summed E-state index contributed by atoms with van der Waals surface area (Å²) < 4.78 is 42.5. The molecule has 8 heteroatoms. The number of carboxylic acids is 1. The van der Waals surface area contributed by atoms with E-state index in [1.165, 1.54) is 18.5 Å². The van der Waals surface area contributed by atoms with Gasteiger partial charge in [-0.2, -0.15) is 0 Å². The summed E-state index contributed by atoms with van der Waals surface area (Å²) in [6.07, 6.45) is 8.64. The van der Waals surface area contributed by atoms with Gasteiger partial charge in [0.15, 0.2) is 11.6 Å². The number of hydrogen-bond acceptors (Lipinski definition) is 4. The van der Waals surface area contributed by atoms with Crippen LogP contribution in [0.15, 0.2) is 30.6 Å². The maximum atomic E-state index is 15.5. The normalized spacial score (nSPS) is 20.8. The van der Waals surface area contributed by atoms with Gasteiger partial charge >= 0.3 is 5.97 Å². The second kappa shape index (κ2) is 10.3. The maximum absolute atomic E-state index is 15.5. The minimum absolute atomic E-state index is 0.0401. The molecule has 0 spiro atoms. The first-order valence-corrected chi connectivity index (χ1v) is 12.2. The predicted molar refractivity (Wildman–Crippen MR) is 123 cm³/mol. The van der Waals surface area contributed by atoms with Gasteiger partial charge in [-0.1, -0.05) is 37.1 Å². The van der Waals surface area contributed by atoms with Crippen LogP contribution in [0.4, 0.5) is 19.0 Å². The summed E-state index contributed by atoms with van der Waals surface area (Å²) in [6.45, 7) is 1.28. The summed E-state index contributed by atoms with van der Waals surface area (Å²) in [5.74, 6) is -3.04. The van der Waals surface area contributed by atoms with Crippen LogP contribution in [-0.4, -0.2) is 27.1 Å². The Labute approximate surface area is 198 Å². The number of alkyl halides is 2. The third kappa shape index (κ3) is 6.27. The van der Waals surface area contributed by atoms with Gasteiger partial charge in [0.2, 0.25) is 0 Å². The number of benzene rings is 1. The van der Waals surface area contributed by atoms with Crippen LogP contribution in [0.3, 0.4) is 0 Å². The Hall–Kier alpha value is -2.64. The number of aryl methyl sites for hydroxylation is 1. The molecule has 0 bridgehead atoms. The molecular weight excluding hydrogens is 443 g/mol. The molecule has 1 heterocycles. The lowest BCUT2D eigenvalue weighted by atomic mass is 9.78. The van der Waals surface area contributed by atoms with E-state index in [0.717, 1.165) is 57.4 Å². The molecule has 0 saturated heterocycles. The number of hydrogen-bond donors (Lipinski definition) is 1. The van der Waals surface area contributed by atoms with Gasteiger partial charge in [-0.25, -0.2) is 23.1 Å². The highest BCUT2D eigenvalue weighted by molar-refractivity contribution is 5.67. The zero-order valence-electron chi connectivity index (χ0n) is 19.5. The first-order valence-electron chi connectivity index (χ1n) is 12.2. The van der Waals surface area contributed by atoms with Crippen molar-refractivity contribution in [3.63, 3.8) is 0 Å². The van der Waals surface area contributed by atoms with Crippen molar-refractivity contribution in [1.29, 1.82) is 0 Å². The third-order valence-electron chi connectivity index (χ3n) is 7.14. The third-order valence-corrected chi connectivity index (χ3v) is 7.14. The monoisotopic (exact) mass is 475 g/mol. The van der Waals surface area contributed by atoms with E-state index in [0.29, 0.717) is 24.6 Å². The van der Waals surface area contributed by atoms with Crippen molar-refractivity contribution in [1.82, 2.24) is 9.97 Å². The zero-order valence-corrected chi connectivity index (χ0v) is 19.5. The fourth-order valence-electron chi connectivity index (χ4n) is 4.94. The van der Waals surface area contributed by atoms with E-state index in [9.17, 15) is 13.6 Å². The Morgan fingerprint density at radius 3 is 2.29 bits per heavy atom. The summed E-state index contributed by atoms with van der Waals surface area (Å²) >= 11 is 0. The molecule has 0 atom stereocenters. The van der Waals surface area contributed by atoms with Crippen molar-refractivity contribution >= 4 is 11.8 Å². The Morgan fingerprint density at radius 1 is 1.06 bits per heavy atom. The Bertz CT molecular complexity index is 982. The molecular formula is C26H32F3N3O2. The molecule has 2 saturated carbocycles. The lowest BCUT2D eigenvalue weighted by molar-refractivity contribution is -0.138. The summed E-state index contributed by atoms with van der Waals surface area (Å²) in [7, 11) is 0. The van der Waals surface area contributed by atoms with Crippen LogP contribution < -0.4 is 4.90 Å². The molecule has 0 amide bonds. The van der Waals surface area contributed by atoms with Gasteiger partial charge in [0, 0.05) is 31.5 Å². The first-order chi connectivity index (χ1) is 16.2. The smallest absolute Gasteiger partial charge is 0.303 e. The molecule has 0 aliphatic heterocycles. The van der Waals surface area contributed by atoms with Gasteiger partial charge < -0.3 is 10.0 Å². The van der Waals surface area contributed by atoms with E-state index in [4.69, 9.17) is 5.11 Å². The van der Waals surface area contributed by atoms with E-state index in [1.807, 2.05) is 4.90 Å². The van der Waals surface area contributed by atoms with Crippen molar-refractivity contribution in [2.24, 2.45) is 11.8 Å². The standard InChI is InChI=1S/C26H32F3N3O2/c1-26(28,29)20-9-6-19(7-10-20)15-32(21-11-12-21)25-24(27)22(30-16-31-25)13-8-17-2-4-18(5-3-17)14-23(33)34/h6-7,9-10,16-18,21H,2-5,8,11-15H2,1H3,(H,33,34). The van der Waals surface area contributed by atoms with Crippen molar-refractivity contribution in [3.05, 3.63) is 53.2 Å². The molecule has 1 N–H and O–H groups in total. The Kier molecular flexibility index (Phi) is 7.43. The number of anilines is 1. The number of halogens is 3. The highest BCUT2D eigenvalue weighted by Crippen LogP contribution is 2.36. The van der Waals surface area contributed by atoms with Gasteiger partial charge in [-0.15, -0.1) is 0 Å². The summed E-state index contributed by atoms with van der Waals surface area (Å²) in [5.41, 5.74) is 1.20. The van der Waals surface area contributed by atoms with Gasteiger partial charge in [0.1, 0.15) is 6.33 Å². The van der Waals surface area contributed by atoms with E-state index >= 15 is 4.39 Å². The van der Waals surface area contributed by atoms with Crippen LogP contribution in [0.2, 0.25) is 0 Å². The van der Waals surface area contributed by atoms with Crippen LogP contribution in [0.1, 0.15) is 75.1 Å².